The van der Waals surface area contributed by atoms with Gasteiger partial charge in [-0.15, -0.1) is 5.10 Å². The zero-order chi connectivity index (χ0) is 25.3. The Morgan fingerprint density at radius 1 is 1.03 bits per heavy atom. The third-order valence-electron chi connectivity index (χ3n) is 6.39. The van der Waals surface area contributed by atoms with Crippen molar-refractivity contribution >= 4 is 10.9 Å². The van der Waals surface area contributed by atoms with E-state index in [1.54, 1.807) is 0 Å². The van der Waals surface area contributed by atoms with Gasteiger partial charge in [0.15, 0.2) is 5.82 Å². The van der Waals surface area contributed by atoms with E-state index in [4.69, 9.17) is 0 Å². The molecule has 0 radical (unpaired) electrons. The van der Waals surface area contributed by atoms with Crippen molar-refractivity contribution in [3.8, 4) is 0 Å². The lowest BCUT2D eigenvalue weighted by molar-refractivity contribution is 0.120. The van der Waals surface area contributed by atoms with Crippen molar-refractivity contribution in [3.05, 3.63) is 87.0 Å². The molecule has 0 saturated heterocycles. The summed E-state index contributed by atoms with van der Waals surface area (Å²) in [5.74, 6) is 1.03. The molecule has 1 atom stereocenters. The third-order valence-corrected chi connectivity index (χ3v) is 6.39. The van der Waals surface area contributed by atoms with Gasteiger partial charge in [0.05, 0.1) is 17.1 Å². The summed E-state index contributed by atoms with van der Waals surface area (Å²) in [5.41, 5.74) is 4.75. The van der Waals surface area contributed by atoms with E-state index >= 15 is 0 Å². The van der Waals surface area contributed by atoms with Crippen LogP contribution >= 0.6 is 0 Å². The van der Waals surface area contributed by atoms with Crippen LogP contribution in [-0.4, -0.2) is 30.1 Å². The van der Waals surface area contributed by atoms with Crippen molar-refractivity contribution in [2.75, 3.05) is 0 Å². The molecule has 4 rings (SSSR count). The smallest absolute Gasteiger partial charge is 0.252 e. The maximum atomic E-state index is 13.2. The number of hydrogen-bond donors (Lipinski definition) is 1. The highest BCUT2D eigenvalue weighted by Gasteiger charge is 2.32. The van der Waals surface area contributed by atoms with Crippen LogP contribution in [0.5, 0.6) is 0 Å². The van der Waals surface area contributed by atoms with Gasteiger partial charge in [0.2, 0.25) is 0 Å². The van der Waals surface area contributed by atoms with Gasteiger partial charge in [0.1, 0.15) is 0 Å². The van der Waals surface area contributed by atoms with Gasteiger partial charge in [-0.1, -0.05) is 55.8 Å². The second kappa shape index (κ2) is 9.74. The zero-order valence-electron chi connectivity index (χ0n) is 21.8. The summed E-state index contributed by atoms with van der Waals surface area (Å²) in [6.45, 7) is 15.9. The first kappa shape index (κ1) is 24.8. The van der Waals surface area contributed by atoms with Gasteiger partial charge in [-0.2, -0.15) is 0 Å². The van der Waals surface area contributed by atoms with E-state index < -0.39 is 0 Å². The number of pyridine rings is 1. The highest BCUT2D eigenvalue weighted by molar-refractivity contribution is 5.82. The lowest BCUT2D eigenvalue weighted by Gasteiger charge is -2.35. The molecule has 0 amide bonds. The normalized spacial score (nSPS) is 13.2. The predicted octanol–water partition coefficient (Wildman–Crippen LogP) is 5.29. The van der Waals surface area contributed by atoms with Crippen LogP contribution in [0.1, 0.15) is 68.7 Å². The molecule has 7 heteroatoms. The quantitative estimate of drug-likeness (QED) is 0.396. The van der Waals surface area contributed by atoms with Gasteiger partial charge in [0, 0.05) is 18.7 Å². The lowest BCUT2D eigenvalue weighted by atomic mass is 9.98. The largest absolute Gasteiger partial charge is 0.321 e. The summed E-state index contributed by atoms with van der Waals surface area (Å²) < 4.78 is 1.91. The van der Waals surface area contributed by atoms with Crippen LogP contribution in [0.3, 0.4) is 0 Å². The van der Waals surface area contributed by atoms with Crippen molar-refractivity contribution in [1.82, 2.24) is 30.1 Å². The molecule has 7 nitrogen and oxygen atoms in total. The first-order chi connectivity index (χ1) is 16.5. The number of rotatable bonds is 7. The maximum Gasteiger partial charge on any atom is 0.252 e. The van der Waals surface area contributed by atoms with E-state index in [0.29, 0.717) is 13.1 Å². The Hall–Kier alpha value is -3.32. The lowest BCUT2D eigenvalue weighted by Crippen LogP contribution is -2.37. The number of hydrogen-bond acceptors (Lipinski definition) is 5. The molecule has 2 heterocycles. The number of fused-ring (bicyclic) bond motifs is 1. The van der Waals surface area contributed by atoms with Gasteiger partial charge in [-0.05, 0) is 79.6 Å². The molecule has 0 aliphatic carbocycles. The van der Waals surface area contributed by atoms with Crippen LogP contribution in [0, 0.1) is 19.8 Å². The number of nitrogens with one attached hydrogen (secondary N) is 1. The van der Waals surface area contributed by atoms with E-state index in [0.717, 1.165) is 27.9 Å². The molecule has 0 unspecified atom stereocenters. The molecule has 2 aromatic heterocycles. The van der Waals surface area contributed by atoms with E-state index in [2.05, 4.69) is 91.2 Å². The number of nitrogens with zero attached hydrogens (tertiary/aromatic N) is 5. The van der Waals surface area contributed by atoms with E-state index in [1.807, 2.05) is 35.9 Å². The van der Waals surface area contributed by atoms with E-state index in [9.17, 15) is 4.79 Å². The van der Waals surface area contributed by atoms with Crippen molar-refractivity contribution < 1.29 is 0 Å². The second-order valence-electron chi connectivity index (χ2n) is 10.9. The molecule has 0 spiro atoms. The van der Waals surface area contributed by atoms with E-state index in [-0.39, 0.29) is 23.1 Å². The number of aromatic nitrogens is 5. The molecule has 4 aromatic rings. The molecule has 1 N–H and O–H groups in total. The fourth-order valence-corrected chi connectivity index (χ4v) is 4.88. The number of tetrazole rings is 1. The molecule has 0 bridgehead atoms. The molecule has 184 valence electrons. The number of H-pyrrole nitrogens is 1. The standard InChI is InChI=1S/C28H36N6O/c1-18(2)25(26-30-31-32-34(26)28(5,6)7)33(16-21-11-9-8-10-12-21)17-23-15-22-14-19(3)13-20(4)24(22)29-27(23)35/h8-15,18,25H,16-17H2,1-7H3,(H,29,35)/t25-/m1/s1. The monoisotopic (exact) mass is 472 g/mol. The fraction of sp³-hybridized carbons (Fsp3) is 0.429. The predicted molar refractivity (Wildman–Crippen MR) is 140 cm³/mol. The molecular formula is C28H36N6O. The highest BCUT2D eigenvalue weighted by Crippen LogP contribution is 2.32. The molecule has 0 saturated carbocycles. The Morgan fingerprint density at radius 3 is 2.40 bits per heavy atom. The minimum absolute atomic E-state index is 0.0552. The second-order valence-corrected chi connectivity index (χ2v) is 10.9. The van der Waals surface area contributed by atoms with Crippen LogP contribution in [0.2, 0.25) is 0 Å². The first-order valence-corrected chi connectivity index (χ1v) is 12.2. The van der Waals surface area contributed by atoms with Gasteiger partial charge in [-0.3, -0.25) is 9.69 Å². The van der Waals surface area contributed by atoms with Gasteiger partial charge in [-0.25, -0.2) is 4.68 Å². The average Bonchev–Trinajstić information content (AvgIpc) is 3.25. The van der Waals surface area contributed by atoms with Crippen LogP contribution < -0.4 is 5.56 Å². The Morgan fingerprint density at radius 2 is 1.74 bits per heavy atom. The van der Waals surface area contributed by atoms with Crippen LogP contribution in [0.15, 0.2) is 53.3 Å². The van der Waals surface area contributed by atoms with Gasteiger partial charge in [0.25, 0.3) is 5.56 Å². The summed E-state index contributed by atoms with van der Waals surface area (Å²) in [4.78, 5) is 18.7. The number of aromatic amines is 1. The fourth-order valence-electron chi connectivity index (χ4n) is 4.88. The Labute approximate surface area is 207 Å². The SMILES string of the molecule is Cc1cc(C)c2[nH]c(=O)c(CN(Cc3ccccc3)[C@@H](c3nnnn3C(C)(C)C)C(C)C)cc2c1. The number of aryl methyl sites for hydroxylation is 2. The maximum absolute atomic E-state index is 13.2. The molecule has 0 aliphatic rings. The number of benzene rings is 2. The minimum atomic E-state index is -0.264. The van der Waals surface area contributed by atoms with Crippen LogP contribution in [0.4, 0.5) is 0 Å². The molecular weight excluding hydrogens is 436 g/mol. The Bertz CT molecular complexity index is 1360. The summed E-state index contributed by atoms with van der Waals surface area (Å²) in [6, 6.07) is 16.5. The third kappa shape index (κ3) is 5.35. The highest BCUT2D eigenvalue weighted by atomic mass is 16.1. The van der Waals surface area contributed by atoms with Crippen molar-refractivity contribution in [1.29, 1.82) is 0 Å². The molecule has 35 heavy (non-hydrogen) atoms. The molecule has 0 aliphatic heterocycles. The van der Waals surface area contributed by atoms with E-state index in [1.165, 1.54) is 11.1 Å². The summed E-state index contributed by atoms with van der Waals surface area (Å²) in [7, 11) is 0. The molecule has 2 aromatic carbocycles. The van der Waals surface area contributed by atoms with Crippen LogP contribution in [0.25, 0.3) is 10.9 Å². The van der Waals surface area contributed by atoms with Crippen LogP contribution in [-0.2, 0) is 18.6 Å². The molecule has 0 fully saturated rings. The first-order valence-electron chi connectivity index (χ1n) is 12.2. The topological polar surface area (TPSA) is 79.7 Å². The van der Waals surface area contributed by atoms with Gasteiger partial charge >= 0.3 is 0 Å². The van der Waals surface area contributed by atoms with Gasteiger partial charge < -0.3 is 4.98 Å². The van der Waals surface area contributed by atoms with Crippen molar-refractivity contribution in [2.24, 2.45) is 5.92 Å². The average molecular weight is 473 g/mol. The van der Waals surface area contributed by atoms with Crippen molar-refractivity contribution in [2.45, 2.75) is 73.1 Å². The minimum Gasteiger partial charge on any atom is -0.321 e. The summed E-state index contributed by atoms with van der Waals surface area (Å²) in [6.07, 6.45) is 0. The Balaban J connectivity index is 1.82. The Kier molecular flexibility index (Phi) is 6.90. The summed E-state index contributed by atoms with van der Waals surface area (Å²) in [5, 5.41) is 13.9. The zero-order valence-corrected chi connectivity index (χ0v) is 21.8. The summed E-state index contributed by atoms with van der Waals surface area (Å²) >= 11 is 0. The van der Waals surface area contributed by atoms with Crippen molar-refractivity contribution in [3.63, 3.8) is 0 Å².